The van der Waals surface area contributed by atoms with Crippen molar-refractivity contribution in [3.8, 4) is 22.3 Å². The molecule has 0 aliphatic carbocycles. The van der Waals surface area contributed by atoms with Crippen LogP contribution < -0.4 is 19.6 Å². The van der Waals surface area contributed by atoms with Crippen LogP contribution in [0.1, 0.15) is 11.1 Å². The van der Waals surface area contributed by atoms with Crippen LogP contribution in [0.4, 0.5) is 68.2 Å². The van der Waals surface area contributed by atoms with Crippen LogP contribution in [0, 0.1) is 13.8 Å². The highest BCUT2D eigenvalue weighted by Crippen LogP contribution is 2.43. The first-order valence-electron chi connectivity index (χ1n) is 29.4. The van der Waals surface area contributed by atoms with Crippen LogP contribution in [-0.4, -0.2) is 0 Å². The van der Waals surface area contributed by atoms with Gasteiger partial charge < -0.3 is 19.6 Å². The first-order chi connectivity index (χ1) is 42.5. The Labute approximate surface area is 505 Å². The van der Waals surface area contributed by atoms with E-state index in [-0.39, 0.29) is 0 Å². The second-order valence-corrected chi connectivity index (χ2v) is 21.5. The van der Waals surface area contributed by atoms with Gasteiger partial charge in [0.1, 0.15) is 0 Å². The van der Waals surface area contributed by atoms with Crippen molar-refractivity contribution in [3.05, 3.63) is 363 Å². The molecule has 0 amide bonds. The maximum atomic E-state index is 2.34. The van der Waals surface area contributed by atoms with Crippen LogP contribution in [0.3, 0.4) is 0 Å². The van der Waals surface area contributed by atoms with Gasteiger partial charge in [0.25, 0.3) is 0 Å². The molecule has 0 spiro atoms. The summed E-state index contributed by atoms with van der Waals surface area (Å²) >= 11 is 0. The summed E-state index contributed by atoms with van der Waals surface area (Å²) in [7, 11) is 0. The highest BCUT2D eigenvalue weighted by atomic mass is 15.2. The number of benzene rings is 14. The van der Waals surface area contributed by atoms with E-state index in [1.165, 1.54) is 54.9 Å². The summed E-state index contributed by atoms with van der Waals surface area (Å²) in [5, 5.41) is 4.90. The standard InChI is InChI=1S/C44H32N2.C38H32N2/c1-3-17-37(18-4-1)45(43-23-11-15-35-13-7-9-21-41(35)43)39-29-25-33(26-30-39)34-27-31-40(32-28-34)46(38-19-5-2-6-20-38)44-24-12-16-36-14-8-10-22-42(36)44;1-29-11-9-17-37(27-29)39(33-13-5-3-6-14-33)35-23-19-31(20-24-35)32-21-25-36(26-22-32)40(34-15-7-4-8-16-34)38-18-10-12-30(2)28-38/h1-32H;3-28H,1-2H3. The quantitative estimate of drug-likeness (QED) is 0.108. The third-order valence-electron chi connectivity index (χ3n) is 15.8. The van der Waals surface area contributed by atoms with Crippen molar-refractivity contribution in [2.24, 2.45) is 0 Å². The fraction of sp³-hybridized carbons (Fsp3) is 0.0244. The van der Waals surface area contributed by atoms with E-state index in [9.17, 15) is 0 Å². The second-order valence-electron chi connectivity index (χ2n) is 21.5. The minimum Gasteiger partial charge on any atom is -0.310 e. The molecule has 14 aromatic rings. The Morgan fingerprint density at radius 1 is 0.174 bits per heavy atom. The van der Waals surface area contributed by atoms with E-state index < -0.39 is 0 Å². The fourth-order valence-corrected chi connectivity index (χ4v) is 11.6. The Morgan fingerprint density at radius 2 is 0.407 bits per heavy atom. The van der Waals surface area contributed by atoms with E-state index in [1.54, 1.807) is 0 Å². The molecule has 0 aromatic heterocycles. The van der Waals surface area contributed by atoms with Crippen molar-refractivity contribution in [1.29, 1.82) is 0 Å². The van der Waals surface area contributed by atoms with Gasteiger partial charge in [-0.25, -0.2) is 0 Å². The summed E-state index contributed by atoms with van der Waals surface area (Å²) in [5.74, 6) is 0. The van der Waals surface area contributed by atoms with Crippen LogP contribution in [0.5, 0.6) is 0 Å². The van der Waals surface area contributed by atoms with Gasteiger partial charge >= 0.3 is 0 Å². The molecule has 0 atom stereocenters. The van der Waals surface area contributed by atoms with Gasteiger partial charge in [0.05, 0.1) is 11.4 Å². The molecular weight excluding hydrogens is 1040 g/mol. The third kappa shape index (κ3) is 11.7. The monoisotopic (exact) mass is 1100 g/mol. The molecule has 0 radical (unpaired) electrons. The Hall–Kier alpha value is -11.2. The summed E-state index contributed by atoms with van der Waals surface area (Å²) in [4.78, 5) is 9.30. The van der Waals surface area contributed by atoms with Crippen molar-refractivity contribution in [1.82, 2.24) is 0 Å². The Bertz CT molecular complexity index is 4210. The van der Waals surface area contributed by atoms with E-state index in [0.29, 0.717) is 0 Å². The lowest BCUT2D eigenvalue weighted by Gasteiger charge is -2.27. The lowest BCUT2D eigenvalue weighted by atomic mass is 10.0. The van der Waals surface area contributed by atoms with Crippen LogP contribution in [-0.2, 0) is 0 Å². The molecule has 0 saturated carbocycles. The number of hydrogen-bond acceptors (Lipinski definition) is 4. The second kappa shape index (κ2) is 25.1. The number of anilines is 12. The van der Waals surface area contributed by atoms with E-state index in [1.807, 2.05) is 0 Å². The SMILES string of the molecule is Cc1cccc(N(c2ccccc2)c2ccc(-c3ccc(N(c4ccccc4)c4cccc(C)c4)cc3)cc2)c1.c1ccc(N(c2ccc(-c3ccc(N(c4ccccc4)c4cccc5ccccc45)cc3)cc2)c2cccc3ccccc23)cc1. The van der Waals surface area contributed by atoms with Gasteiger partial charge in [-0.3, -0.25) is 0 Å². The molecule has 0 saturated heterocycles. The van der Waals surface area contributed by atoms with Gasteiger partial charge in [0.2, 0.25) is 0 Å². The number of aryl methyl sites for hydroxylation is 2. The highest BCUT2D eigenvalue weighted by Gasteiger charge is 2.19. The molecule has 0 heterocycles. The highest BCUT2D eigenvalue weighted by molar-refractivity contribution is 6.00. The molecule has 0 fully saturated rings. The number of fused-ring (bicyclic) bond motifs is 2. The van der Waals surface area contributed by atoms with Crippen LogP contribution in [0.2, 0.25) is 0 Å². The lowest BCUT2D eigenvalue weighted by molar-refractivity contribution is 1.27. The minimum atomic E-state index is 1.12. The molecule has 0 aliphatic heterocycles. The maximum absolute atomic E-state index is 2.34. The lowest BCUT2D eigenvalue weighted by Crippen LogP contribution is -2.10. The number of nitrogens with zero attached hydrogens (tertiary/aromatic N) is 4. The summed E-state index contributed by atoms with van der Waals surface area (Å²) in [6, 6.07) is 125. The topological polar surface area (TPSA) is 13.0 Å². The summed E-state index contributed by atoms with van der Waals surface area (Å²) in [5.41, 5.74) is 20.9. The van der Waals surface area contributed by atoms with Crippen LogP contribution in [0.15, 0.2) is 352 Å². The molecule has 0 unspecified atom stereocenters. The molecule has 0 N–H and O–H groups in total. The molecular formula is C82H64N4. The van der Waals surface area contributed by atoms with Crippen molar-refractivity contribution in [2.75, 3.05) is 19.6 Å². The zero-order valence-corrected chi connectivity index (χ0v) is 48.3. The van der Waals surface area contributed by atoms with Crippen LogP contribution >= 0.6 is 0 Å². The Balaban J connectivity index is 0.000000161. The minimum absolute atomic E-state index is 1.12. The van der Waals surface area contributed by atoms with Crippen molar-refractivity contribution >= 4 is 89.8 Å². The molecule has 0 bridgehead atoms. The van der Waals surface area contributed by atoms with Crippen LogP contribution in [0.25, 0.3) is 43.8 Å². The predicted octanol–water partition coefficient (Wildman–Crippen LogP) is 23.5. The zero-order chi connectivity index (χ0) is 58.0. The van der Waals surface area contributed by atoms with E-state index >= 15 is 0 Å². The first-order valence-corrected chi connectivity index (χ1v) is 29.4. The maximum Gasteiger partial charge on any atom is 0.0540 e. The third-order valence-corrected chi connectivity index (χ3v) is 15.8. The van der Waals surface area contributed by atoms with E-state index in [4.69, 9.17) is 0 Å². The van der Waals surface area contributed by atoms with Gasteiger partial charge in [0.15, 0.2) is 0 Å². The molecule has 4 nitrogen and oxygen atoms in total. The van der Waals surface area contributed by atoms with E-state index in [2.05, 4.69) is 385 Å². The molecule has 4 heteroatoms. The largest absolute Gasteiger partial charge is 0.310 e. The molecule has 14 rings (SSSR count). The number of para-hydroxylation sites is 4. The molecule has 14 aromatic carbocycles. The van der Waals surface area contributed by atoms with Crippen molar-refractivity contribution in [3.63, 3.8) is 0 Å². The normalized spacial score (nSPS) is 10.9. The summed E-state index contributed by atoms with van der Waals surface area (Å²) in [6.45, 7) is 4.27. The Morgan fingerprint density at radius 3 is 0.721 bits per heavy atom. The first kappa shape index (κ1) is 54.1. The van der Waals surface area contributed by atoms with E-state index in [0.717, 1.165) is 68.2 Å². The van der Waals surface area contributed by atoms with Crippen molar-refractivity contribution in [2.45, 2.75) is 13.8 Å². The number of hydrogen-bond donors (Lipinski definition) is 0. The summed E-state index contributed by atoms with van der Waals surface area (Å²) in [6.07, 6.45) is 0. The summed E-state index contributed by atoms with van der Waals surface area (Å²) < 4.78 is 0. The van der Waals surface area contributed by atoms with Gasteiger partial charge in [-0.05, 0) is 191 Å². The number of rotatable bonds is 14. The molecule has 412 valence electrons. The van der Waals surface area contributed by atoms with Gasteiger partial charge in [-0.2, -0.15) is 0 Å². The molecule has 0 aliphatic rings. The molecule has 86 heavy (non-hydrogen) atoms. The van der Waals surface area contributed by atoms with Crippen molar-refractivity contribution < 1.29 is 0 Å². The fourth-order valence-electron chi connectivity index (χ4n) is 11.6. The predicted molar refractivity (Wildman–Crippen MR) is 367 cm³/mol. The Kier molecular flexibility index (Phi) is 15.8. The zero-order valence-electron chi connectivity index (χ0n) is 48.3. The average Bonchev–Trinajstić information content (AvgIpc) is 3.46. The average molecular weight is 1110 g/mol. The van der Waals surface area contributed by atoms with Gasteiger partial charge in [-0.15, -0.1) is 0 Å². The smallest absolute Gasteiger partial charge is 0.0540 e. The van der Waals surface area contributed by atoms with Gasteiger partial charge in [0, 0.05) is 67.6 Å². The van der Waals surface area contributed by atoms with Gasteiger partial charge in [-0.1, -0.05) is 218 Å².